The maximum absolute atomic E-state index is 13.5. The Kier molecular flexibility index (Phi) is 3.64. The minimum atomic E-state index is -0.816. The van der Waals surface area contributed by atoms with Gasteiger partial charge in [-0.25, -0.2) is 4.39 Å². The molecule has 1 saturated carbocycles. The Bertz CT molecular complexity index is 621. The standard InChI is InChI=1S/C16H18FN2O3/c17-10-3-1-4-11(7-10)19-13(14(18)21)9-16(15(19)22)6-2-5-12(20)8-16/h1-4,7,12-13,20H,5-6,8-9H2,(H2,18,21). The lowest BCUT2D eigenvalue weighted by Crippen LogP contribution is -2.43. The van der Waals surface area contributed by atoms with E-state index in [9.17, 15) is 19.1 Å². The highest BCUT2D eigenvalue weighted by Gasteiger charge is 2.55. The molecule has 0 bridgehead atoms. The third kappa shape index (κ3) is 2.37. The number of hydrogen-bond acceptors (Lipinski definition) is 3. The quantitative estimate of drug-likeness (QED) is 0.860. The fraction of sp³-hybridized carbons (Fsp3) is 0.438. The summed E-state index contributed by atoms with van der Waals surface area (Å²) < 4.78 is 13.5. The number of anilines is 1. The van der Waals surface area contributed by atoms with Gasteiger partial charge in [0.05, 0.1) is 11.5 Å². The summed E-state index contributed by atoms with van der Waals surface area (Å²) >= 11 is 0. The van der Waals surface area contributed by atoms with Crippen LogP contribution in [0.3, 0.4) is 0 Å². The second-order valence-electron chi connectivity index (χ2n) is 6.14. The topological polar surface area (TPSA) is 83.6 Å². The molecule has 3 unspecified atom stereocenters. The van der Waals surface area contributed by atoms with Crippen LogP contribution in [-0.2, 0) is 9.59 Å². The Morgan fingerprint density at radius 3 is 2.82 bits per heavy atom. The lowest BCUT2D eigenvalue weighted by molar-refractivity contribution is -0.128. The highest BCUT2D eigenvalue weighted by Crippen LogP contribution is 2.48. The molecule has 2 aliphatic rings. The van der Waals surface area contributed by atoms with Gasteiger partial charge in [0.1, 0.15) is 11.9 Å². The first kappa shape index (κ1) is 15.0. The van der Waals surface area contributed by atoms with Crippen molar-refractivity contribution >= 4 is 17.5 Å². The average Bonchev–Trinajstić information content (AvgIpc) is 2.72. The highest BCUT2D eigenvalue weighted by atomic mass is 19.1. The zero-order chi connectivity index (χ0) is 15.9. The number of benzene rings is 1. The number of primary amides is 1. The van der Waals surface area contributed by atoms with Crippen LogP contribution in [-0.4, -0.2) is 29.1 Å². The van der Waals surface area contributed by atoms with Crippen molar-refractivity contribution in [2.24, 2.45) is 11.1 Å². The van der Waals surface area contributed by atoms with Crippen molar-refractivity contribution < 1.29 is 19.1 Å². The lowest BCUT2D eigenvalue weighted by Gasteiger charge is -2.34. The summed E-state index contributed by atoms with van der Waals surface area (Å²) in [6.07, 6.45) is 2.87. The van der Waals surface area contributed by atoms with Gasteiger partial charge >= 0.3 is 0 Å². The number of amides is 2. The molecule has 0 aromatic heterocycles. The zero-order valence-electron chi connectivity index (χ0n) is 12.0. The third-order valence-electron chi connectivity index (χ3n) is 4.58. The van der Waals surface area contributed by atoms with Gasteiger partial charge in [-0.05, 0) is 50.3 Å². The van der Waals surface area contributed by atoms with E-state index in [1.54, 1.807) is 6.07 Å². The van der Waals surface area contributed by atoms with Crippen LogP contribution >= 0.6 is 0 Å². The molecule has 1 spiro atoms. The van der Waals surface area contributed by atoms with E-state index in [1.165, 1.54) is 23.1 Å². The minimum Gasteiger partial charge on any atom is -0.393 e. The Morgan fingerprint density at radius 1 is 1.41 bits per heavy atom. The van der Waals surface area contributed by atoms with Crippen molar-refractivity contribution in [1.82, 2.24) is 0 Å². The van der Waals surface area contributed by atoms with E-state index in [-0.39, 0.29) is 12.3 Å². The number of hydrogen-bond donors (Lipinski definition) is 2. The minimum absolute atomic E-state index is 0.255. The van der Waals surface area contributed by atoms with Crippen molar-refractivity contribution in [3.8, 4) is 0 Å². The van der Waals surface area contributed by atoms with Gasteiger partial charge in [0.15, 0.2) is 0 Å². The molecule has 1 aromatic rings. The van der Waals surface area contributed by atoms with Crippen LogP contribution in [0.5, 0.6) is 0 Å². The van der Waals surface area contributed by atoms with Gasteiger partial charge in [-0.2, -0.15) is 0 Å². The van der Waals surface area contributed by atoms with Gasteiger partial charge in [0.25, 0.3) is 0 Å². The predicted molar refractivity (Wildman–Crippen MR) is 78.1 cm³/mol. The fourth-order valence-electron chi connectivity index (χ4n) is 3.61. The molecule has 1 aromatic carbocycles. The second kappa shape index (κ2) is 5.35. The van der Waals surface area contributed by atoms with E-state index in [2.05, 4.69) is 0 Å². The molecular weight excluding hydrogens is 287 g/mol. The normalized spacial score (nSPS) is 31.7. The number of aliphatic hydroxyl groups excluding tert-OH is 1. The highest BCUT2D eigenvalue weighted by molar-refractivity contribution is 6.06. The Hall–Kier alpha value is -1.95. The summed E-state index contributed by atoms with van der Waals surface area (Å²) in [7, 11) is 0. The van der Waals surface area contributed by atoms with Crippen molar-refractivity contribution in [3.63, 3.8) is 0 Å². The first-order valence-electron chi connectivity index (χ1n) is 7.31. The molecule has 3 atom stereocenters. The number of carbonyl (C=O) groups is 2. The summed E-state index contributed by atoms with van der Waals surface area (Å²) in [5, 5.41) is 9.90. The molecule has 1 aliphatic heterocycles. The van der Waals surface area contributed by atoms with E-state index in [4.69, 9.17) is 5.73 Å². The maximum Gasteiger partial charge on any atom is 0.240 e. The van der Waals surface area contributed by atoms with Crippen LogP contribution in [0.2, 0.25) is 0 Å². The van der Waals surface area contributed by atoms with E-state index in [1.807, 2.05) is 6.42 Å². The first-order chi connectivity index (χ1) is 10.4. The number of nitrogens with two attached hydrogens (primary N) is 1. The number of aliphatic hydroxyl groups is 1. The Balaban J connectivity index is 2.00. The molecule has 3 N–H and O–H groups in total. The van der Waals surface area contributed by atoms with Crippen LogP contribution in [0.1, 0.15) is 25.7 Å². The van der Waals surface area contributed by atoms with Gasteiger partial charge in [-0.3, -0.25) is 14.5 Å². The molecule has 6 heteroatoms. The van der Waals surface area contributed by atoms with E-state index in [0.29, 0.717) is 24.9 Å². The third-order valence-corrected chi connectivity index (χ3v) is 4.58. The largest absolute Gasteiger partial charge is 0.393 e. The molecule has 22 heavy (non-hydrogen) atoms. The zero-order valence-corrected chi connectivity index (χ0v) is 12.0. The molecule has 1 radical (unpaired) electrons. The van der Waals surface area contributed by atoms with E-state index in [0.717, 1.165) is 0 Å². The summed E-state index contributed by atoms with van der Waals surface area (Å²) in [6.45, 7) is 0. The van der Waals surface area contributed by atoms with Gasteiger partial charge in [0, 0.05) is 5.69 Å². The molecule has 3 rings (SSSR count). The first-order valence-corrected chi connectivity index (χ1v) is 7.31. The SMILES string of the molecule is NC(=O)C1CC2(C[CH]CC(O)C2)C(=O)N1c1cccc(F)c1. The summed E-state index contributed by atoms with van der Waals surface area (Å²) in [4.78, 5) is 26.0. The molecule has 1 aliphatic carbocycles. The number of halogens is 1. The lowest BCUT2D eigenvalue weighted by atomic mass is 9.71. The van der Waals surface area contributed by atoms with Crippen molar-refractivity contribution in [2.45, 2.75) is 37.8 Å². The molecule has 1 saturated heterocycles. The molecule has 2 amide bonds. The van der Waals surface area contributed by atoms with E-state index >= 15 is 0 Å². The smallest absolute Gasteiger partial charge is 0.240 e. The Morgan fingerprint density at radius 2 is 2.18 bits per heavy atom. The summed E-state index contributed by atoms with van der Waals surface area (Å²) in [5.74, 6) is -1.36. The van der Waals surface area contributed by atoms with Crippen LogP contribution in [0.25, 0.3) is 0 Å². The number of nitrogens with zero attached hydrogens (tertiary/aromatic N) is 1. The van der Waals surface area contributed by atoms with E-state index < -0.39 is 29.3 Å². The second-order valence-corrected chi connectivity index (χ2v) is 6.14. The van der Waals surface area contributed by atoms with Gasteiger partial charge in [-0.1, -0.05) is 6.07 Å². The number of rotatable bonds is 2. The van der Waals surface area contributed by atoms with Crippen molar-refractivity contribution in [3.05, 3.63) is 36.5 Å². The molecule has 2 fully saturated rings. The van der Waals surface area contributed by atoms with Crippen LogP contribution < -0.4 is 10.6 Å². The van der Waals surface area contributed by atoms with Gasteiger partial charge in [0.2, 0.25) is 11.8 Å². The average molecular weight is 305 g/mol. The van der Waals surface area contributed by atoms with Crippen LogP contribution in [0.15, 0.2) is 24.3 Å². The maximum atomic E-state index is 13.5. The summed E-state index contributed by atoms with van der Waals surface area (Å²) in [5.41, 5.74) is 4.96. The molecule has 5 nitrogen and oxygen atoms in total. The van der Waals surface area contributed by atoms with Gasteiger partial charge < -0.3 is 10.8 Å². The van der Waals surface area contributed by atoms with Crippen LogP contribution in [0, 0.1) is 17.7 Å². The number of carbonyl (C=O) groups excluding carboxylic acids is 2. The molecule has 117 valence electrons. The molecular formula is C16H18FN2O3. The summed E-state index contributed by atoms with van der Waals surface area (Å²) in [6, 6.07) is 4.75. The monoisotopic (exact) mass is 305 g/mol. The van der Waals surface area contributed by atoms with Crippen molar-refractivity contribution in [2.75, 3.05) is 4.90 Å². The van der Waals surface area contributed by atoms with Crippen LogP contribution in [0.4, 0.5) is 10.1 Å². The predicted octanol–water partition coefficient (Wildman–Crippen LogP) is 1.15. The van der Waals surface area contributed by atoms with Gasteiger partial charge in [-0.15, -0.1) is 0 Å². The molecule has 1 heterocycles. The van der Waals surface area contributed by atoms with Crippen molar-refractivity contribution in [1.29, 1.82) is 0 Å². The fourth-order valence-corrected chi connectivity index (χ4v) is 3.61. The Labute approximate surface area is 127 Å².